The molecule has 0 spiro atoms. The summed E-state index contributed by atoms with van der Waals surface area (Å²) in [6, 6.07) is 10.2. The van der Waals surface area contributed by atoms with Crippen LogP contribution in [-0.2, 0) is 13.1 Å². The van der Waals surface area contributed by atoms with Gasteiger partial charge in [0.1, 0.15) is 12.1 Å². The third-order valence-electron chi connectivity index (χ3n) is 4.31. The lowest BCUT2D eigenvalue weighted by molar-refractivity contribution is 0.561. The molecule has 3 aromatic heterocycles. The van der Waals surface area contributed by atoms with Crippen LogP contribution in [0.1, 0.15) is 5.82 Å². The zero-order chi connectivity index (χ0) is 15.9. The molecule has 118 valence electrons. The topological polar surface area (TPSA) is 88.4 Å². The minimum atomic E-state index is 0.664. The normalized spacial score (nSPS) is 14.1. The summed E-state index contributed by atoms with van der Waals surface area (Å²) in [6.07, 6.45) is 3.32. The molecule has 0 fully saturated rings. The maximum atomic E-state index is 4.44. The highest BCUT2D eigenvalue weighted by Gasteiger charge is 2.24. The first-order chi connectivity index (χ1) is 11.9. The Morgan fingerprint density at radius 3 is 2.83 bits per heavy atom. The Balaban J connectivity index is 1.52. The summed E-state index contributed by atoms with van der Waals surface area (Å²) in [5, 5.41) is 16.6. The maximum absolute atomic E-state index is 4.44. The highest BCUT2D eigenvalue weighted by Crippen LogP contribution is 2.27. The van der Waals surface area contributed by atoms with E-state index in [1.807, 2.05) is 18.2 Å². The van der Waals surface area contributed by atoms with Crippen molar-refractivity contribution in [3.05, 3.63) is 48.7 Å². The minimum Gasteiger partial charge on any atom is -0.347 e. The number of benzene rings is 1. The molecule has 0 atom stereocenters. The van der Waals surface area contributed by atoms with Crippen LogP contribution < -0.4 is 4.90 Å². The minimum absolute atomic E-state index is 0.664. The van der Waals surface area contributed by atoms with Crippen molar-refractivity contribution < 1.29 is 0 Å². The average Bonchev–Trinajstić information content (AvgIpc) is 3.28. The first-order valence-corrected chi connectivity index (χ1v) is 7.77. The van der Waals surface area contributed by atoms with Crippen molar-refractivity contribution in [1.82, 2.24) is 34.9 Å². The Hall–Kier alpha value is -3.29. The average molecular weight is 318 g/mol. The molecule has 0 amide bonds. The van der Waals surface area contributed by atoms with E-state index in [1.165, 1.54) is 0 Å². The van der Waals surface area contributed by atoms with Gasteiger partial charge in [-0.15, -0.1) is 10.2 Å². The van der Waals surface area contributed by atoms with Gasteiger partial charge in [0.05, 0.1) is 18.1 Å². The van der Waals surface area contributed by atoms with Crippen LogP contribution in [0.5, 0.6) is 0 Å². The summed E-state index contributed by atoms with van der Waals surface area (Å²) in [7, 11) is 0. The molecule has 1 aromatic carbocycles. The molecule has 0 saturated heterocycles. The van der Waals surface area contributed by atoms with Gasteiger partial charge in [0.25, 0.3) is 0 Å². The van der Waals surface area contributed by atoms with Crippen LogP contribution in [0.3, 0.4) is 0 Å². The molecule has 24 heavy (non-hydrogen) atoms. The zero-order valence-corrected chi connectivity index (χ0v) is 12.8. The van der Waals surface area contributed by atoms with Crippen molar-refractivity contribution in [2.24, 2.45) is 0 Å². The molecular weight excluding hydrogens is 304 g/mol. The van der Waals surface area contributed by atoms with Crippen molar-refractivity contribution in [2.75, 3.05) is 11.4 Å². The van der Waals surface area contributed by atoms with Gasteiger partial charge in [0.2, 0.25) is 0 Å². The number of nitrogens with one attached hydrogen (secondary N) is 1. The van der Waals surface area contributed by atoms with Crippen molar-refractivity contribution >= 4 is 16.9 Å². The molecule has 8 heteroatoms. The lowest BCUT2D eigenvalue weighted by Gasteiger charge is -2.28. The van der Waals surface area contributed by atoms with E-state index in [1.54, 1.807) is 12.5 Å². The fourth-order valence-corrected chi connectivity index (χ4v) is 3.14. The summed E-state index contributed by atoms with van der Waals surface area (Å²) in [5.41, 5.74) is 1.83. The van der Waals surface area contributed by atoms with E-state index in [0.29, 0.717) is 6.54 Å². The van der Waals surface area contributed by atoms with Gasteiger partial charge in [-0.05, 0) is 0 Å². The van der Waals surface area contributed by atoms with Crippen LogP contribution >= 0.6 is 0 Å². The number of hydrogen-bond donors (Lipinski definition) is 1. The predicted molar refractivity (Wildman–Crippen MR) is 88.2 cm³/mol. The number of aromatic nitrogens is 7. The van der Waals surface area contributed by atoms with Crippen molar-refractivity contribution in [3.63, 3.8) is 0 Å². The molecule has 0 aliphatic carbocycles. The number of H-pyrrole nitrogens is 1. The number of rotatable bonds is 2. The number of nitrogens with zero attached hydrogens (tertiary/aromatic N) is 7. The van der Waals surface area contributed by atoms with Crippen LogP contribution in [0.2, 0.25) is 0 Å². The van der Waals surface area contributed by atoms with E-state index in [2.05, 4.69) is 52.0 Å². The first kappa shape index (κ1) is 13.2. The Morgan fingerprint density at radius 2 is 1.92 bits per heavy atom. The highest BCUT2D eigenvalue weighted by molar-refractivity contribution is 5.86. The van der Waals surface area contributed by atoms with Gasteiger partial charge >= 0.3 is 0 Å². The van der Waals surface area contributed by atoms with Gasteiger partial charge in [-0.25, -0.2) is 9.97 Å². The second kappa shape index (κ2) is 5.12. The molecule has 1 aliphatic heterocycles. The van der Waals surface area contributed by atoms with E-state index < -0.39 is 0 Å². The summed E-state index contributed by atoms with van der Waals surface area (Å²) >= 11 is 0. The van der Waals surface area contributed by atoms with Gasteiger partial charge in [-0.2, -0.15) is 5.10 Å². The van der Waals surface area contributed by atoms with Crippen LogP contribution in [0, 0.1) is 0 Å². The van der Waals surface area contributed by atoms with Crippen LogP contribution in [0.25, 0.3) is 22.4 Å². The lowest BCUT2D eigenvalue weighted by Crippen LogP contribution is -2.34. The monoisotopic (exact) mass is 318 g/mol. The molecule has 8 nitrogen and oxygen atoms in total. The molecule has 4 heterocycles. The second-order valence-electron chi connectivity index (χ2n) is 5.71. The molecule has 0 bridgehead atoms. The Bertz CT molecular complexity index is 1000. The quantitative estimate of drug-likeness (QED) is 0.604. The van der Waals surface area contributed by atoms with Crippen molar-refractivity contribution in [2.45, 2.75) is 13.1 Å². The number of hydrogen-bond acceptors (Lipinski definition) is 6. The van der Waals surface area contributed by atoms with Gasteiger partial charge in [0.15, 0.2) is 17.3 Å². The second-order valence-corrected chi connectivity index (χ2v) is 5.71. The smallest absolute Gasteiger partial charge is 0.164 e. The van der Waals surface area contributed by atoms with E-state index in [0.717, 1.165) is 47.2 Å². The summed E-state index contributed by atoms with van der Waals surface area (Å²) in [5.74, 6) is 2.74. The number of fused-ring (bicyclic) bond motifs is 2. The standard InChI is InChI=1S/C16H14N8/c1-2-4-11(5-3-1)15-22-20-13-9-23(6-7-24(13)15)16-12-8-19-21-14(12)17-10-18-16/h1-5,8,10H,6-7,9H2,(H,17,18,19,21). The summed E-state index contributed by atoms with van der Waals surface area (Å²) < 4.78 is 2.18. The number of anilines is 1. The SMILES string of the molecule is c1ccc(-c2nnc3n2CCN(c2ncnc4[nH]ncc24)C3)cc1. The Kier molecular flexibility index (Phi) is 2.81. The van der Waals surface area contributed by atoms with E-state index in [9.17, 15) is 0 Å². The fraction of sp³-hybridized carbons (Fsp3) is 0.188. The number of aromatic amines is 1. The molecule has 1 N–H and O–H groups in total. The Morgan fingerprint density at radius 1 is 1.00 bits per heavy atom. The molecular formula is C16H14N8. The van der Waals surface area contributed by atoms with Gasteiger partial charge in [-0.1, -0.05) is 30.3 Å². The third kappa shape index (κ3) is 1.96. The molecule has 0 unspecified atom stereocenters. The molecule has 4 aromatic rings. The molecule has 1 aliphatic rings. The van der Waals surface area contributed by atoms with Gasteiger partial charge in [-0.3, -0.25) is 5.10 Å². The van der Waals surface area contributed by atoms with Crippen molar-refractivity contribution in [1.29, 1.82) is 0 Å². The van der Waals surface area contributed by atoms with Crippen LogP contribution in [0.4, 0.5) is 5.82 Å². The highest BCUT2D eigenvalue weighted by atomic mass is 15.4. The third-order valence-corrected chi connectivity index (χ3v) is 4.31. The molecule has 0 radical (unpaired) electrons. The Labute approximate surface area is 137 Å². The lowest BCUT2D eigenvalue weighted by atomic mass is 10.2. The van der Waals surface area contributed by atoms with Crippen LogP contribution in [0.15, 0.2) is 42.9 Å². The van der Waals surface area contributed by atoms with Gasteiger partial charge < -0.3 is 9.47 Å². The van der Waals surface area contributed by atoms with Crippen LogP contribution in [-0.4, -0.2) is 41.5 Å². The maximum Gasteiger partial charge on any atom is 0.164 e. The predicted octanol–water partition coefficient (Wildman–Crippen LogP) is 1.63. The fourth-order valence-electron chi connectivity index (χ4n) is 3.14. The first-order valence-electron chi connectivity index (χ1n) is 7.77. The van der Waals surface area contributed by atoms with E-state index in [-0.39, 0.29) is 0 Å². The summed E-state index contributed by atoms with van der Waals surface area (Å²) in [6.45, 7) is 2.31. The van der Waals surface area contributed by atoms with E-state index >= 15 is 0 Å². The van der Waals surface area contributed by atoms with Crippen molar-refractivity contribution in [3.8, 4) is 11.4 Å². The molecule has 0 saturated carbocycles. The summed E-state index contributed by atoms with van der Waals surface area (Å²) in [4.78, 5) is 10.8. The largest absolute Gasteiger partial charge is 0.347 e. The zero-order valence-electron chi connectivity index (χ0n) is 12.8. The van der Waals surface area contributed by atoms with E-state index in [4.69, 9.17) is 0 Å². The molecule has 5 rings (SSSR count). The van der Waals surface area contributed by atoms with Gasteiger partial charge in [0, 0.05) is 18.7 Å².